The summed E-state index contributed by atoms with van der Waals surface area (Å²) in [5.41, 5.74) is 14.4. The summed E-state index contributed by atoms with van der Waals surface area (Å²) in [6, 6.07) is 20.7. The number of hydrogen-bond acceptors (Lipinski definition) is 2. The van der Waals surface area contributed by atoms with Crippen molar-refractivity contribution in [1.29, 1.82) is 0 Å². The maximum Gasteiger partial charge on any atom is 0.242 e. The number of benzene rings is 2. The Morgan fingerprint density at radius 1 is 1.03 bits per heavy atom. The van der Waals surface area contributed by atoms with Crippen LogP contribution in [0.1, 0.15) is 33.6 Å². The molecule has 0 radical (unpaired) electrons. The standard InChI is InChI=1S/C27H26N3O/c1-20-18-23(30-27(20)25(15-16-28)26-8-5-17-29(26)30)12-9-21-10-13-24(14-11-21)31-19-22-6-3-2-4-7-22/h2-14,17-18H,15-16,19,28H2,1H3/q+1. The van der Waals surface area contributed by atoms with Crippen molar-refractivity contribution in [3.63, 3.8) is 0 Å². The minimum Gasteiger partial charge on any atom is -0.489 e. The van der Waals surface area contributed by atoms with Gasteiger partial charge in [0.1, 0.15) is 23.6 Å². The number of hydrogen-bond donors (Lipinski definition) is 1. The second-order valence-electron chi connectivity index (χ2n) is 7.84. The van der Waals surface area contributed by atoms with E-state index in [0.717, 1.165) is 23.4 Å². The average Bonchev–Trinajstić information content (AvgIpc) is 3.47. The predicted octanol–water partition coefficient (Wildman–Crippen LogP) is 4.54. The molecule has 2 aromatic carbocycles. The van der Waals surface area contributed by atoms with Gasteiger partial charge in [0.15, 0.2) is 0 Å². The Morgan fingerprint density at radius 2 is 1.84 bits per heavy atom. The van der Waals surface area contributed by atoms with Crippen LogP contribution in [0.4, 0.5) is 0 Å². The van der Waals surface area contributed by atoms with Crippen LogP contribution >= 0.6 is 0 Å². The average molecular weight is 409 g/mol. The molecule has 4 aromatic rings. The lowest BCUT2D eigenvalue weighted by Crippen LogP contribution is -2.24. The molecule has 0 bridgehead atoms. The second kappa shape index (κ2) is 8.25. The van der Waals surface area contributed by atoms with Gasteiger partial charge < -0.3 is 10.5 Å². The van der Waals surface area contributed by atoms with Gasteiger partial charge in [0.2, 0.25) is 11.9 Å². The molecule has 0 unspecified atom stereocenters. The number of aryl methyl sites for hydroxylation is 1. The van der Waals surface area contributed by atoms with Gasteiger partial charge >= 0.3 is 0 Å². The Bertz CT molecular complexity index is 1330. The quantitative estimate of drug-likeness (QED) is 0.456. The van der Waals surface area contributed by atoms with Crippen molar-refractivity contribution in [2.75, 3.05) is 6.54 Å². The maximum absolute atomic E-state index is 5.89. The first kappa shape index (κ1) is 19.3. The van der Waals surface area contributed by atoms with E-state index in [-0.39, 0.29) is 0 Å². The molecule has 0 atom stereocenters. The first-order chi connectivity index (χ1) is 15.2. The molecule has 31 heavy (non-hydrogen) atoms. The van der Waals surface area contributed by atoms with E-state index in [9.17, 15) is 0 Å². The Hall–Kier alpha value is -3.63. The Morgan fingerprint density at radius 3 is 2.61 bits per heavy atom. The number of ether oxygens (including phenoxy) is 1. The van der Waals surface area contributed by atoms with Crippen LogP contribution in [0.25, 0.3) is 23.7 Å². The first-order valence-corrected chi connectivity index (χ1v) is 10.7. The van der Waals surface area contributed by atoms with E-state index in [2.05, 4.69) is 76.6 Å². The maximum atomic E-state index is 5.89. The van der Waals surface area contributed by atoms with E-state index < -0.39 is 0 Å². The summed E-state index contributed by atoms with van der Waals surface area (Å²) in [5, 5.41) is 0. The van der Waals surface area contributed by atoms with Gasteiger partial charge in [-0.2, -0.15) is 0 Å². The van der Waals surface area contributed by atoms with Crippen molar-refractivity contribution < 1.29 is 9.09 Å². The molecule has 5 rings (SSSR count). The molecule has 154 valence electrons. The Balaban J connectivity index is 1.38. The highest BCUT2D eigenvalue weighted by atomic mass is 16.5. The third kappa shape index (κ3) is 3.66. The minimum absolute atomic E-state index is 0.576. The van der Waals surface area contributed by atoms with Crippen molar-refractivity contribution >= 4 is 23.7 Å². The summed E-state index contributed by atoms with van der Waals surface area (Å²) in [4.78, 5) is 0. The van der Waals surface area contributed by atoms with E-state index in [0.29, 0.717) is 13.2 Å². The molecule has 0 amide bonds. The first-order valence-electron chi connectivity index (χ1n) is 10.7. The van der Waals surface area contributed by atoms with Gasteiger partial charge in [-0.3, -0.25) is 0 Å². The van der Waals surface area contributed by atoms with Crippen LogP contribution in [-0.2, 0) is 13.0 Å². The summed E-state index contributed by atoms with van der Waals surface area (Å²) in [6.07, 6.45) is 11.6. The van der Waals surface area contributed by atoms with E-state index in [4.69, 9.17) is 10.5 Å². The van der Waals surface area contributed by atoms with E-state index in [1.807, 2.05) is 30.3 Å². The van der Waals surface area contributed by atoms with Crippen LogP contribution in [0.5, 0.6) is 5.75 Å². The lowest BCUT2D eigenvalue weighted by molar-refractivity contribution is -0.583. The number of fused-ring (bicyclic) bond motifs is 3. The highest BCUT2D eigenvalue weighted by molar-refractivity contribution is 5.75. The molecule has 2 N–H and O–H groups in total. The Kier molecular flexibility index (Phi) is 5.14. The van der Waals surface area contributed by atoms with Crippen LogP contribution in [-0.4, -0.2) is 11.1 Å². The van der Waals surface area contributed by atoms with Crippen LogP contribution in [0.3, 0.4) is 0 Å². The summed E-state index contributed by atoms with van der Waals surface area (Å²) in [7, 11) is 0. The monoisotopic (exact) mass is 408 g/mol. The molecule has 3 heterocycles. The number of aromatic nitrogens is 2. The van der Waals surface area contributed by atoms with Crippen molar-refractivity contribution in [3.8, 4) is 5.75 Å². The molecule has 0 spiro atoms. The third-order valence-electron chi connectivity index (χ3n) is 5.70. The van der Waals surface area contributed by atoms with Gasteiger partial charge in [0, 0.05) is 12.2 Å². The minimum atomic E-state index is 0.576. The summed E-state index contributed by atoms with van der Waals surface area (Å²) in [6.45, 7) is 3.40. The summed E-state index contributed by atoms with van der Waals surface area (Å²) < 4.78 is 10.4. The van der Waals surface area contributed by atoms with E-state index >= 15 is 0 Å². The lowest BCUT2D eigenvalue weighted by atomic mass is 10.1. The normalized spacial score (nSPS) is 12.6. The van der Waals surface area contributed by atoms with Crippen molar-refractivity contribution in [2.45, 2.75) is 20.0 Å². The van der Waals surface area contributed by atoms with Gasteiger partial charge in [0.05, 0.1) is 5.56 Å². The van der Waals surface area contributed by atoms with Gasteiger partial charge in [-0.05, 0) is 60.9 Å². The number of nitrogens with two attached hydrogens (primary N) is 1. The molecule has 4 heteroatoms. The molecule has 0 fully saturated rings. The number of allylic oxidation sites excluding steroid dienone is 1. The van der Waals surface area contributed by atoms with E-state index in [1.165, 1.54) is 27.9 Å². The second-order valence-corrected chi connectivity index (χ2v) is 7.84. The predicted molar refractivity (Wildman–Crippen MR) is 126 cm³/mol. The molecule has 2 aromatic heterocycles. The highest BCUT2D eigenvalue weighted by Gasteiger charge is 2.26. The smallest absolute Gasteiger partial charge is 0.242 e. The molecule has 0 saturated carbocycles. The topological polar surface area (TPSA) is 45.6 Å². The fourth-order valence-electron chi connectivity index (χ4n) is 4.26. The van der Waals surface area contributed by atoms with Gasteiger partial charge in [-0.25, -0.2) is 0 Å². The van der Waals surface area contributed by atoms with Gasteiger partial charge in [-0.15, -0.1) is 4.52 Å². The van der Waals surface area contributed by atoms with Gasteiger partial charge in [-0.1, -0.05) is 52.9 Å². The third-order valence-corrected chi connectivity index (χ3v) is 5.70. The lowest BCUT2D eigenvalue weighted by Gasteiger charge is -2.06. The molecule has 1 aliphatic heterocycles. The van der Waals surface area contributed by atoms with Crippen LogP contribution in [0.15, 0.2) is 66.7 Å². The molecule has 0 aliphatic carbocycles. The SMILES string of the molecule is Cc1cc(C=Cc2ccc(OCc3ccccc3)cc2)n2c1c(CCN)c1[n+]2=CC=C1. The molecular formula is C27H26N3O+. The zero-order valence-electron chi connectivity index (χ0n) is 17.7. The zero-order chi connectivity index (χ0) is 21.2. The molecular weight excluding hydrogens is 382 g/mol. The number of nitrogens with zero attached hydrogens (tertiary/aromatic N) is 2. The number of rotatable bonds is 7. The summed E-state index contributed by atoms with van der Waals surface area (Å²) >= 11 is 0. The largest absolute Gasteiger partial charge is 0.489 e. The van der Waals surface area contributed by atoms with Crippen LogP contribution < -0.4 is 14.8 Å². The summed E-state index contributed by atoms with van der Waals surface area (Å²) in [5.74, 6) is 0.874. The van der Waals surface area contributed by atoms with Gasteiger partial charge in [0.25, 0.3) is 0 Å². The fraction of sp³-hybridized carbons (Fsp3) is 0.148. The van der Waals surface area contributed by atoms with Crippen molar-refractivity contribution in [1.82, 2.24) is 4.52 Å². The van der Waals surface area contributed by atoms with Crippen LogP contribution in [0.2, 0.25) is 0 Å². The zero-order valence-corrected chi connectivity index (χ0v) is 17.7. The highest BCUT2D eigenvalue weighted by Crippen LogP contribution is 2.25. The Labute approximate surface area is 182 Å². The fourth-order valence-corrected chi connectivity index (χ4v) is 4.26. The molecule has 1 aliphatic rings. The van der Waals surface area contributed by atoms with Crippen molar-refractivity contribution in [3.05, 3.63) is 107 Å². The van der Waals surface area contributed by atoms with Crippen LogP contribution in [0, 0.1) is 13.1 Å². The van der Waals surface area contributed by atoms with E-state index in [1.54, 1.807) is 0 Å². The molecule has 0 saturated heterocycles. The van der Waals surface area contributed by atoms with Crippen molar-refractivity contribution in [2.24, 2.45) is 5.73 Å². The molecule has 4 nitrogen and oxygen atoms in total.